The number of hydrogen-bond acceptors (Lipinski definition) is 2. The Balaban J connectivity index is 2.22. The van der Waals surface area contributed by atoms with Gasteiger partial charge in [0.1, 0.15) is 0 Å². The lowest BCUT2D eigenvalue weighted by molar-refractivity contribution is -0.111. The van der Waals surface area contributed by atoms with Gasteiger partial charge in [-0.1, -0.05) is 48.5 Å². The summed E-state index contributed by atoms with van der Waals surface area (Å²) in [6.07, 6.45) is 1.12. The lowest BCUT2D eigenvalue weighted by atomic mass is 9.97. The highest BCUT2D eigenvalue weighted by molar-refractivity contribution is 6.64. The molecule has 0 saturated heterocycles. The van der Waals surface area contributed by atoms with Crippen LogP contribution in [0.1, 0.15) is 22.3 Å². The van der Waals surface area contributed by atoms with Crippen LogP contribution >= 0.6 is 23.2 Å². The molecule has 0 amide bonds. The van der Waals surface area contributed by atoms with E-state index in [2.05, 4.69) is 0 Å². The molecule has 2 nitrogen and oxygen atoms in total. The van der Waals surface area contributed by atoms with Crippen LogP contribution < -0.4 is 0 Å². The number of hydrogen-bond donors (Lipinski definition) is 0. The minimum absolute atomic E-state index is 0.219. The molecule has 0 aromatic heterocycles. The third-order valence-corrected chi connectivity index (χ3v) is 3.44. The quantitative estimate of drug-likeness (QED) is 0.756. The third-order valence-electron chi connectivity index (χ3n) is 3.18. The Hall–Kier alpha value is -1.64. The van der Waals surface area contributed by atoms with Gasteiger partial charge >= 0.3 is 0 Å². The number of carbonyl (C=O) groups is 2. The molecule has 4 heteroatoms. The van der Waals surface area contributed by atoms with Gasteiger partial charge in [-0.3, -0.25) is 9.59 Å². The standard InChI is InChI=1S/C17H14Cl2O2/c18-16(20)10-13-5-3-4-12(8-13)9-14-6-1-2-7-15(14)11-17(19)21/h1-8H,9-11H2. The summed E-state index contributed by atoms with van der Waals surface area (Å²) < 4.78 is 0. The molecule has 0 radical (unpaired) electrons. The summed E-state index contributed by atoms with van der Waals surface area (Å²) in [5.74, 6) is 0. The average Bonchev–Trinajstić information content (AvgIpc) is 2.40. The molecule has 108 valence electrons. The van der Waals surface area contributed by atoms with E-state index in [1.165, 1.54) is 0 Å². The molecule has 0 saturated carbocycles. The Kier molecular flexibility index (Phi) is 5.54. The smallest absolute Gasteiger partial charge is 0.226 e. The van der Waals surface area contributed by atoms with Gasteiger partial charge < -0.3 is 0 Å². The van der Waals surface area contributed by atoms with Gasteiger partial charge in [0.25, 0.3) is 0 Å². The SMILES string of the molecule is O=C(Cl)Cc1cccc(Cc2ccccc2CC(=O)Cl)c1. The van der Waals surface area contributed by atoms with E-state index in [1.807, 2.05) is 48.5 Å². The first-order valence-electron chi connectivity index (χ1n) is 6.56. The van der Waals surface area contributed by atoms with Gasteiger partial charge in [-0.05, 0) is 51.9 Å². The number of benzene rings is 2. The van der Waals surface area contributed by atoms with Crippen LogP contribution in [0.25, 0.3) is 0 Å². The van der Waals surface area contributed by atoms with Crippen molar-refractivity contribution in [2.75, 3.05) is 0 Å². The van der Waals surface area contributed by atoms with Crippen LogP contribution in [-0.4, -0.2) is 10.5 Å². The molecule has 2 aromatic carbocycles. The zero-order valence-corrected chi connectivity index (χ0v) is 12.8. The molecule has 0 aliphatic rings. The fourth-order valence-electron chi connectivity index (χ4n) is 2.28. The van der Waals surface area contributed by atoms with Crippen LogP contribution in [0.3, 0.4) is 0 Å². The molecule has 2 aromatic rings. The molecule has 0 heterocycles. The topological polar surface area (TPSA) is 34.1 Å². The zero-order valence-electron chi connectivity index (χ0n) is 11.3. The predicted octanol–water partition coefficient (Wildman–Crippen LogP) is 3.89. The highest BCUT2D eigenvalue weighted by Gasteiger charge is 2.07. The molecule has 21 heavy (non-hydrogen) atoms. The van der Waals surface area contributed by atoms with Crippen molar-refractivity contribution in [3.63, 3.8) is 0 Å². The summed E-state index contributed by atoms with van der Waals surface area (Å²) in [6, 6.07) is 15.4. The van der Waals surface area contributed by atoms with Crippen LogP contribution in [0, 0.1) is 0 Å². The fraction of sp³-hybridized carbons (Fsp3) is 0.176. The second-order valence-electron chi connectivity index (χ2n) is 4.83. The van der Waals surface area contributed by atoms with Gasteiger partial charge in [-0.15, -0.1) is 0 Å². The van der Waals surface area contributed by atoms with Gasteiger partial charge in [0.05, 0.1) is 0 Å². The molecule has 0 spiro atoms. The summed E-state index contributed by atoms with van der Waals surface area (Å²) in [4.78, 5) is 22.1. The molecular formula is C17H14Cl2O2. The van der Waals surface area contributed by atoms with E-state index >= 15 is 0 Å². The fourth-order valence-corrected chi connectivity index (χ4v) is 2.58. The first-order valence-corrected chi connectivity index (χ1v) is 7.31. The predicted molar refractivity (Wildman–Crippen MR) is 84.8 cm³/mol. The molecule has 0 N–H and O–H groups in total. The summed E-state index contributed by atoms with van der Waals surface area (Å²) in [7, 11) is 0. The van der Waals surface area contributed by atoms with E-state index in [9.17, 15) is 9.59 Å². The summed E-state index contributed by atoms with van der Waals surface area (Å²) in [5, 5.41) is -0.746. The number of halogens is 2. The maximum absolute atomic E-state index is 11.1. The minimum Gasteiger partial charge on any atom is -0.281 e. The van der Waals surface area contributed by atoms with E-state index in [1.54, 1.807) is 0 Å². The highest BCUT2D eigenvalue weighted by atomic mass is 35.5. The van der Waals surface area contributed by atoms with Crippen LogP contribution in [0.4, 0.5) is 0 Å². The van der Waals surface area contributed by atoms with E-state index < -0.39 is 0 Å². The van der Waals surface area contributed by atoms with Gasteiger partial charge in [-0.2, -0.15) is 0 Å². The zero-order chi connectivity index (χ0) is 15.2. The van der Waals surface area contributed by atoms with Crippen molar-refractivity contribution in [3.05, 3.63) is 70.8 Å². The van der Waals surface area contributed by atoms with Crippen LogP contribution in [0.5, 0.6) is 0 Å². The molecule has 0 bridgehead atoms. The second kappa shape index (κ2) is 7.39. The Morgan fingerprint density at radius 3 is 2.05 bits per heavy atom. The summed E-state index contributed by atoms with van der Waals surface area (Å²) in [5.41, 5.74) is 3.94. The van der Waals surface area contributed by atoms with Crippen molar-refractivity contribution >= 4 is 33.7 Å². The van der Waals surface area contributed by atoms with Gasteiger partial charge in [0, 0.05) is 12.8 Å². The van der Waals surface area contributed by atoms with Crippen molar-refractivity contribution < 1.29 is 9.59 Å². The first-order chi connectivity index (χ1) is 10.0. The number of carbonyl (C=O) groups excluding carboxylic acids is 2. The first kappa shape index (κ1) is 15.7. The van der Waals surface area contributed by atoms with Gasteiger partial charge in [-0.25, -0.2) is 0 Å². The van der Waals surface area contributed by atoms with Crippen LogP contribution in [0.15, 0.2) is 48.5 Å². The maximum Gasteiger partial charge on any atom is 0.226 e. The van der Waals surface area contributed by atoms with Crippen LogP contribution in [-0.2, 0) is 28.9 Å². The Morgan fingerprint density at radius 2 is 1.38 bits per heavy atom. The van der Waals surface area contributed by atoms with Crippen molar-refractivity contribution in [3.8, 4) is 0 Å². The molecule has 0 atom stereocenters. The monoisotopic (exact) mass is 320 g/mol. The van der Waals surface area contributed by atoms with Crippen molar-refractivity contribution in [2.24, 2.45) is 0 Å². The molecule has 0 aliphatic heterocycles. The van der Waals surface area contributed by atoms with Gasteiger partial charge in [0.15, 0.2) is 0 Å². The lowest BCUT2D eigenvalue weighted by Crippen LogP contribution is -2.01. The molecule has 0 fully saturated rings. The lowest BCUT2D eigenvalue weighted by Gasteiger charge is -2.09. The van der Waals surface area contributed by atoms with Crippen molar-refractivity contribution in [1.82, 2.24) is 0 Å². The minimum atomic E-state index is -0.375. The van der Waals surface area contributed by atoms with Gasteiger partial charge in [0.2, 0.25) is 10.5 Å². The molecular weight excluding hydrogens is 307 g/mol. The largest absolute Gasteiger partial charge is 0.281 e. The Bertz CT molecular complexity index is 665. The third kappa shape index (κ3) is 5.00. The summed E-state index contributed by atoms with van der Waals surface area (Å²) >= 11 is 10.9. The van der Waals surface area contributed by atoms with Crippen molar-refractivity contribution in [1.29, 1.82) is 0 Å². The van der Waals surface area contributed by atoms with Crippen LogP contribution in [0.2, 0.25) is 0 Å². The summed E-state index contributed by atoms with van der Waals surface area (Å²) in [6.45, 7) is 0. The maximum atomic E-state index is 11.1. The van der Waals surface area contributed by atoms with E-state index in [-0.39, 0.29) is 23.3 Å². The highest BCUT2D eigenvalue weighted by Crippen LogP contribution is 2.17. The number of rotatable bonds is 6. The second-order valence-corrected chi connectivity index (χ2v) is 5.67. The molecule has 0 unspecified atom stereocenters. The van der Waals surface area contributed by atoms with E-state index in [0.717, 1.165) is 22.3 Å². The van der Waals surface area contributed by atoms with Crippen molar-refractivity contribution in [2.45, 2.75) is 19.3 Å². The molecule has 0 aliphatic carbocycles. The van der Waals surface area contributed by atoms with E-state index in [4.69, 9.17) is 23.2 Å². The Morgan fingerprint density at radius 1 is 0.762 bits per heavy atom. The molecule has 2 rings (SSSR count). The van der Waals surface area contributed by atoms with E-state index in [0.29, 0.717) is 6.42 Å². The Labute approximate surface area is 133 Å². The normalized spacial score (nSPS) is 10.4. The average molecular weight is 321 g/mol.